The highest BCUT2D eigenvalue weighted by molar-refractivity contribution is 7.93. The van der Waals surface area contributed by atoms with Crippen LogP contribution < -0.4 is 15.0 Å². The normalized spacial score (nSPS) is 15.6. The van der Waals surface area contributed by atoms with E-state index in [-0.39, 0.29) is 15.4 Å². The van der Waals surface area contributed by atoms with E-state index in [4.69, 9.17) is 15.0 Å². The summed E-state index contributed by atoms with van der Waals surface area (Å²) in [6, 6.07) is 21.7. The number of nitrogens with two attached hydrogens (primary N) is 2. The first-order valence-electron chi connectivity index (χ1n) is 8.84. The van der Waals surface area contributed by atoms with E-state index in [9.17, 15) is 16.8 Å². The fourth-order valence-electron chi connectivity index (χ4n) is 3.56. The molecule has 9 heteroatoms. The van der Waals surface area contributed by atoms with E-state index < -0.39 is 25.6 Å². The number of hydrogen-bond acceptors (Lipinski definition) is 5. The van der Waals surface area contributed by atoms with Gasteiger partial charge in [-0.15, -0.1) is 0 Å². The van der Waals surface area contributed by atoms with Crippen LogP contribution in [0.5, 0.6) is 5.75 Å². The maximum absolute atomic E-state index is 12.7. The molecule has 4 rings (SSSR count). The number of ether oxygens (including phenoxy) is 1. The van der Waals surface area contributed by atoms with Gasteiger partial charge in [-0.1, -0.05) is 60.7 Å². The maximum Gasteiger partial charge on any atom is 0.238 e. The highest BCUT2D eigenvalue weighted by Crippen LogP contribution is 2.48. The molecule has 0 atom stereocenters. The van der Waals surface area contributed by atoms with Crippen LogP contribution >= 0.6 is 0 Å². The van der Waals surface area contributed by atoms with Crippen molar-refractivity contribution in [1.29, 1.82) is 0 Å². The molecule has 7 nitrogen and oxygen atoms in total. The molecule has 0 bridgehead atoms. The van der Waals surface area contributed by atoms with Crippen molar-refractivity contribution in [3.05, 3.63) is 100 Å². The van der Waals surface area contributed by atoms with Crippen LogP contribution in [0.1, 0.15) is 16.7 Å². The zero-order chi connectivity index (χ0) is 21.6. The van der Waals surface area contributed by atoms with Crippen molar-refractivity contribution in [2.45, 2.75) is 10.5 Å². The minimum Gasteiger partial charge on any atom is -0.472 e. The smallest absolute Gasteiger partial charge is 0.238 e. The van der Waals surface area contributed by atoms with Gasteiger partial charge in [0.25, 0.3) is 0 Å². The lowest BCUT2D eigenvalue weighted by molar-refractivity contribution is 0.155. The van der Waals surface area contributed by atoms with Gasteiger partial charge < -0.3 is 4.74 Å². The molecule has 4 N–H and O–H groups in total. The Bertz CT molecular complexity index is 1310. The summed E-state index contributed by atoms with van der Waals surface area (Å²) in [6.45, 7) is 0. The minimum atomic E-state index is -4.27. The molecule has 154 valence electrons. The van der Waals surface area contributed by atoms with Gasteiger partial charge >= 0.3 is 0 Å². The molecule has 1 heterocycles. The second kappa shape index (κ2) is 7.06. The fraction of sp³-hybridized carbons (Fsp3) is 0.0476. The lowest BCUT2D eigenvalue weighted by atomic mass is 9.83. The van der Waals surface area contributed by atoms with Gasteiger partial charge in [0.2, 0.25) is 20.0 Å². The molecule has 0 aliphatic carbocycles. The van der Waals surface area contributed by atoms with E-state index in [0.29, 0.717) is 16.9 Å². The summed E-state index contributed by atoms with van der Waals surface area (Å²) >= 11 is 0. The highest BCUT2D eigenvalue weighted by atomic mass is 32.2. The molecule has 0 amide bonds. The Labute approximate surface area is 174 Å². The van der Waals surface area contributed by atoms with Crippen molar-refractivity contribution in [2.24, 2.45) is 10.3 Å². The molecule has 3 aromatic rings. The number of rotatable bonds is 4. The van der Waals surface area contributed by atoms with Crippen molar-refractivity contribution >= 4 is 26.1 Å². The third-order valence-corrected chi connectivity index (χ3v) is 6.80. The summed E-state index contributed by atoms with van der Waals surface area (Å²) in [5, 5.41) is 10.8. The Morgan fingerprint density at radius 3 is 1.70 bits per heavy atom. The molecule has 3 aromatic carbocycles. The van der Waals surface area contributed by atoms with Crippen LogP contribution in [0, 0.1) is 0 Å². The molecule has 1 aliphatic heterocycles. The van der Waals surface area contributed by atoms with Crippen molar-refractivity contribution in [1.82, 2.24) is 0 Å². The SMILES string of the molecule is NS(=O)(=O)C1=Cc2cc(S(N)(=O)=O)ccc2OC1(c1ccccc1)c1ccccc1. The molecule has 0 fully saturated rings. The second-order valence-electron chi connectivity index (χ2n) is 6.81. The largest absolute Gasteiger partial charge is 0.472 e. The molecule has 1 aliphatic rings. The van der Waals surface area contributed by atoms with Crippen LogP contribution in [0.3, 0.4) is 0 Å². The van der Waals surface area contributed by atoms with Gasteiger partial charge in [-0.2, -0.15) is 0 Å². The van der Waals surface area contributed by atoms with Gasteiger partial charge in [-0.25, -0.2) is 27.1 Å². The molecule has 0 spiro atoms. The lowest BCUT2D eigenvalue weighted by Crippen LogP contribution is -2.43. The Hall–Kier alpha value is -2.98. The van der Waals surface area contributed by atoms with Crippen molar-refractivity contribution in [2.75, 3.05) is 0 Å². The number of fused-ring (bicyclic) bond motifs is 1. The number of primary sulfonamides is 2. The van der Waals surface area contributed by atoms with E-state index in [2.05, 4.69) is 0 Å². The van der Waals surface area contributed by atoms with Crippen LogP contribution in [-0.4, -0.2) is 16.8 Å². The summed E-state index contributed by atoms with van der Waals surface area (Å²) < 4.78 is 55.3. The van der Waals surface area contributed by atoms with E-state index in [0.717, 1.165) is 0 Å². The summed E-state index contributed by atoms with van der Waals surface area (Å²) in [5.74, 6) is 0.294. The van der Waals surface area contributed by atoms with Crippen molar-refractivity contribution in [3.8, 4) is 5.75 Å². The Morgan fingerprint density at radius 1 is 0.700 bits per heavy atom. The van der Waals surface area contributed by atoms with Gasteiger partial charge in [0.05, 0.1) is 4.90 Å². The highest BCUT2D eigenvalue weighted by Gasteiger charge is 2.48. The monoisotopic (exact) mass is 442 g/mol. The van der Waals surface area contributed by atoms with Gasteiger partial charge in [0.15, 0.2) is 5.60 Å². The van der Waals surface area contributed by atoms with Crippen molar-refractivity contribution < 1.29 is 21.6 Å². The minimum absolute atomic E-state index is 0.165. The zero-order valence-corrected chi connectivity index (χ0v) is 17.2. The lowest BCUT2D eigenvalue weighted by Gasteiger charge is -2.39. The van der Waals surface area contributed by atoms with Crippen LogP contribution in [0.15, 0.2) is 88.7 Å². The standard InChI is InChI=1S/C21H18N2O5S2/c22-29(24,25)18-11-12-19-15(13-18)14-20(30(23,26)27)21(28-19,16-7-3-1-4-8-16)17-9-5-2-6-10-17/h1-14H,(H2,22,24,25)(H2,23,26,27). The molecular weight excluding hydrogens is 424 g/mol. The predicted molar refractivity (Wildman–Crippen MR) is 113 cm³/mol. The Balaban J connectivity index is 2.08. The summed E-state index contributed by atoms with van der Waals surface area (Å²) in [6.07, 6.45) is 1.34. The van der Waals surface area contributed by atoms with E-state index >= 15 is 0 Å². The van der Waals surface area contributed by atoms with Crippen LogP contribution in [-0.2, 0) is 25.6 Å². The Morgan fingerprint density at radius 2 is 1.23 bits per heavy atom. The van der Waals surface area contributed by atoms with E-state index in [1.807, 2.05) is 0 Å². The number of hydrogen-bond donors (Lipinski definition) is 2. The van der Waals surface area contributed by atoms with Crippen LogP contribution in [0.4, 0.5) is 0 Å². The molecule has 0 unspecified atom stereocenters. The van der Waals surface area contributed by atoms with Crippen LogP contribution in [0.2, 0.25) is 0 Å². The first-order chi connectivity index (χ1) is 14.1. The summed E-state index contributed by atoms with van der Waals surface area (Å²) in [7, 11) is -8.25. The van der Waals surface area contributed by atoms with Gasteiger partial charge in [-0.3, -0.25) is 0 Å². The third kappa shape index (κ3) is 3.41. The third-order valence-electron chi connectivity index (χ3n) is 4.87. The molecule has 0 aromatic heterocycles. The second-order valence-corrected chi connectivity index (χ2v) is 9.90. The topological polar surface area (TPSA) is 130 Å². The molecular formula is C21H18N2O5S2. The molecule has 30 heavy (non-hydrogen) atoms. The van der Waals surface area contributed by atoms with Gasteiger partial charge in [0, 0.05) is 16.7 Å². The zero-order valence-electron chi connectivity index (χ0n) is 15.6. The Kier molecular flexibility index (Phi) is 4.78. The van der Waals surface area contributed by atoms with E-state index in [1.54, 1.807) is 60.7 Å². The molecule has 0 radical (unpaired) electrons. The quantitative estimate of drug-likeness (QED) is 0.640. The fourth-order valence-corrected chi connectivity index (χ4v) is 5.08. The van der Waals surface area contributed by atoms with Gasteiger partial charge in [-0.05, 0) is 24.3 Å². The number of sulfonamides is 2. The molecule has 0 saturated heterocycles. The van der Waals surface area contributed by atoms with Gasteiger partial charge in [0.1, 0.15) is 10.7 Å². The summed E-state index contributed by atoms with van der Waals surface area (Å²) in [5.41, 5.74) is -0.199. The predicted octanol–water partition coefficient (Wildman–Crippen LogP) is 2.30. The van der Waals surface area contributed by atoms with E-state index in [1.165, 1.54) is 24.3 Å². The first-order valence-corrected chi connectivity index (χ1v) is 11.9. The summed E-state index contributed by atoms with van der Waals surface area (Å²) in [4.78, 5) is -0.381. The number of benzene rings is 3. The maximum atomic E-state index is 12.7. The first kappa shape index (κ1) is 20.3. The molecule has 0 saturated carbocycles. The van der Waals surface area contributed by atoms with Crippen LogP contribution in [0.25, 0.3) is 6.08 Å². The van der Waals surface area contributed by atoms with Crippen molar-refractivity contribution in [3.63, 3.8) is 0 Å². The average Bonchev–Trinajstić information content (AvgIpc) is 2.72. The average molecular weight is 443 g/mol.